The Kier molecular flexibility index (Phi) is 31.0. The van der Waals surface area contributed by atoms with Crippen LogP contribution >= 0.6 is 23.5 Å². The first-order chi connectivity index (χ1) is 41.8. The number of esters is 9. The van der Waals surface area contributed by atoms with Gasteiger partial charge in [0.15, 0.2) is 36.6 Å². The van der Waals surface area contributed by atoms with E-state index in [1.807, 2.05) is 0 Å². The monoisotopic (exact) mass is 1280 g/mol. The van der Waals surface area contributed by atoms with Gasteiger partial charge in [-0.25, -0.2) is 4.79 Å². The number of hydrogen-bond acceptors (Lipinski definition) is 27. The van der Waals surface area contributed by atoms with E-state index < -0.39 is 133 Å². The van der Waals surface area contributed by atoms with Crippen molar-refractivity contribution in [2.75, 3.05) is 51.0 Å². The summed E-state index contributed by atoms with van der Waals surface area (Å²) >= 11 is 2.11. The van der Waals surface area contributed by atoms with Gasteiger partial charge in [0.25, 0.3) is 5.91 Å². The summed E-state index contributed by atoms with van der Waals surface area (Å²) < 4.78 is 72.3. The molecule has 2 aromatic rings. The average Bonchev–Trinajstić information content (AvgIpc) is 1.52. The quantitative estimate of drug-likeness (QED) is 0.0392. The van der Waals surface area contributed by atoms with Crippen LogP contribution in [-0.2, 0) is 118 Å². The van der Waals surface area contributed by atoms with Crippen molar-refractivity contribution < 1.29 is 119 Å². The van der Waals surface area contributed by atoms with E-state index in [2.05, 4.69) is 22.5 Å². The smallest absolute Gasteiger partial charge is 0.330 e. The van der Waals surface area contributed by atoms with E-state index in [-0.39, 0.29) is 92.7 Å². The molecule has 0 spiro atoms. The van der Waals surface area contributed by atoms with Gasteiger partial charge in [-0.2, -0.15) is 0 Å². The van der Waals surface area contributed by atoms with Gasteiger partial charge in [-0.15, -0.1) is 23.5 Å². The largest absolute Gasteiger partial charge is 0.493 e. The van der Waals surface area contributed by atoms with Crippen LogP contribution in [0.5, 0.6) is 11.5 Å². The van der Waals surface area contributed by atoms with Gasteiger partial charge in [-0.3, -0.25) is 52.7 Å². The second-order valence-corrected chi connectivity index (χ2v) is 21.9. The third kappa shape index (κ3) is 26.6. The highest BCUT2D eigenvalue weighted by Gasteiger charge is 2.54. The van der Waals surface area contributed by atoms with Gasteiger partial charge in [0.1, 0.15) is 54.4 Å². The molecule has 2 aliphatic rings. The zero-order chi connectivity index (χ0) is 64.9. The topological polar surface area (TPSA) is 361 Å². The van der Waals surface area contributed by atoms with Crippen LogP contribution in [-0.4, -0.2) is 182 Å². The number of rotatable bonds is 34. The van der Waals surface area contributed by atoms with E-state index in [0.717, 1.165) is 96.1 Å². The molecule has 0 radical (unpaired) electrons. The Bertz CT molecular complexity index is 2630. The van der Waals surface area contributed by atoms with Gasteiger partial charge in [-0.1, -0.05) is 30.8 Å². The molecule has 2 saturated heterocycles. The molecule has 0 saturated carbocycles. The first kappa shape index (κ1) is 72.5. The SMILES string of the molecule is C=CC(=O)OCc1ccc(CNC(=O)c2cc(OCCCNC(=O)CCS[C@@H]3O[C@H](COC(C)=O)[C@@H](OC(C)=O)[C@H](OC(C)=O)[C@H]3OC(C)=O)cc(OCCCNC(=O)CCS[C@@H]3O[C@H](COC(C)=O)[C@@H](OC(C)=O)[C@H](OC(C)=O)[C@H]3OC(C)=O)c2)cc1. The van der Waals surface area contributed by atoms with E-state index >= 15 is 0 Å². The van der Waals surface area contributed by atoms with Gasteiger partial charge in [0.2, 0.25) is 11.8 Å². The first-order valence-corrected chi connectivity index (χ1v) is 29.8. The van der Waals surface area contributed by atoms with E-state index in [4.69, 9.17) is 61.6 Å². The molecule has 3 N–H and O–H groups in total. The molecular weight excluding hydrogens is 1200 g/mol. The standard InChI is InChI=1S/C58H75N3O25S2/c1-10-49(72)78-29-41-15-13-40(14-16-41)28-61-56(73)42-25-43(74-21-11-19-59-47(70)17-23-87-57-54(83-38(8)68)52(81-36(6)66)50(79-34(4)64)45(85-57)30-76-32(2)62)27-44(26-42)75-22-12-20-60-48(71)18-24-88-58-55(84-39(9)69)53(82-37(7)67)51(80-35(5)65)46(86-58)31-77-33(3)63/h10,13-16,25-27,45-46,50-55,57-58H,1,11-12,17-24,28-31H2,2-9H3,(H,59,70)(H,60,71)(H,61,73)/t45-,46-,50-,51-,52+,53+,54-,55-,57+,58+/m1/s1. The highest BCUT2D eigenvalue weighted by Crippen LogP contribution is 2.36. The maximum Gasteiger partial charge on any atom is 0.330 e. The Balaban J connectivity index is 1.35. The summed E-state index contributed by atoms with van der Waals surface area (Å²) in [6, 6.07) is 11.6. The van der Waals surface area contributed by atoms with Crippen molar-refractivity contribution in [3.8, 4) is 11.5 Å². The molecule has 2 fully saturated rings. The first-order valence-electron chi connectivity index (χ1n) is 27.8. The average molecular weight is 1280 g/mol. The van der Waals surface area contributed by atoms with E-state index in [9.17, 15) is 57.5 Å². The number of ether oxygens (including phenoxy) is 13. The Morgan fingerprint density at radius 2 is 0.875 bits per heavy atom. The molecule has 484 valence electrons. The molecule has 30 heteroatoms. The Morgan fingerprint density at radius 1 is 0.489 bits per heavy atom. The number of amides is 3. The van der Waals surface area contributed by atoms with Crippen LogP contribution in [0.1, 0.15) is 103 Å². The summed E-state index contributed by atoms with van der Waals surface area (Å²) in [5, 5.41) is 8.46. The third-order valence-electron chi connectivity index (χ3n) is 12.1. The molecule has 2 aliphatic heterocycles. The van der Waals surface area contributed by atoms with Crippen LogP contribution in [0.4, 0.5) is 0 Å². The molecule has 0 aromatic heterocycles. The number of nitrogens with one attached hydrogen (secondary N) is 3. The number of thioether (sulfide) groups is 2. The zero-order valence-electron chi connectivity index (χ0n) is 50.0. The molecule has 0 unspecified atom stereocenters. The molecule has 0 aliphatic carbocycles. The van der Waals surface area contributed by atoms with Crippen LogP contribution < -0.4 is 25.4 Å². The van der Waals surface area contributed by atoms with Crippen LogP contribution in [0.2, 0.25) is 0 Å². The van der Waals surface area contributed by atoms with Crippen molar-refractivity contribution in [3.63, 3.8) is 0 Å². The second-order valence-electron chi connectivity index (χ2n) is 19.5. The van der Waals surface area contributed by atoms with Crippen LogP contribution in [0.15, 0.2) is 55.1 Å². The van der Waals surface area contributed by atoms with Crippen molar-refractivity contribution in [1.82, 2.24) is 16.0 Å². The molecule has 28 nitrogen and oxygen atoms in total. The summed E-state index contributed by atoms with van der Waals surface area (Å²) in [4.78, 5) is 148. The normalized spacial score (nSPS) is 21.0. The highest BCUT2D eigenvalue weighted by atomic mass is 32.2. The lowest BCUT2D eigenvalue weighted by Gasteiger charge is -2.44. The summed E-state index contributed by atoms with van der Waals surface area (Å²) in [6.45, 7) is 12.3. The summed E-state index contributed by atoms with van der Waals surface area (Å²) in [5.41, 5.74) is -0.463. The molecule has 2 aromatic carbocycles. The molecule has 0 bridgehead atoms. The fourth-order valence-electron chi connectivity index (χ4n) is 8.46. The Hall–Kier alpha value is -7.96. The third-order valence-corrected chi connectivity index (χ3v) is 14.4. The van der Waals surface area contributed by atoms with E-state index in [1.54, 1.807) is 30.3 Å². The van der Waals surface area contributed by atoms with Crippen LogP contribution in [0.3, 0.4) is 0 Å². The molecule has 3 amide bonds. The lowest BCUT2D eigenvalue weighted by atomic mass is 9.99. The number of benzene rings is 2. The van der Waals surface area contributed by atoms with Crippen molar-refractivity contribution in [2.45, 2.75) is 154 Å². The number of carbonyl (C=O) groups excluding carboxylic acids is 12. The minimum absolute atomic E-state index is 0.0387. The molecular formula is C58H75N3O25S2. The highest BCUT2D eigenvalue weighted by molar-refractivity contribution is 8.00. The predicted octanol–water partition coefficient (Wildman–Crippen LogP) is 3.03. The molecule has 2 heterocycles. The lowest BCUT2D eigenvalue weighted by Crippen LogP contribution is -2.61. The maximum atomic E-state index is 13.6. The molecule has 10 atom stereocenters. The van der Waals surface area contributed by atoms with Crippen LogP contribution in [0.25, 0.3) is 0 Å². The van der Waals surface area contributed by atoms with E-state index in [1.165, 1.54) is 12.1 Å². The Labute approximate surface area is 516 Å². The fourth-order valence-corrected chi connectivity index (χ4v) is 10.8. The van der Waals surface area contributed by atoms with Crippen molar-refractivity contribution >= 4 is 95.0 Å². The van der Waals surface area contributed by atoms with E-state index in [0.29, 0.717) is 12.8 Å². The van der Waals surface area contributed by atoms with Crippen molar-refractivity contribution in [2.24, 2.45) is 0 Å². The van der Waals surface area contributed by atoms with Crippen molar-refractivity contribution in [1.29, 1.82) is 0 Å². The van der Waals surface area contributed by atoms with Crippen molar-refractivity contribution in [3.05, 3.63) is 71.8 Å². The van der Waals surface area contributed by atoms with Gasteiger partial charge in [-0.05, 0) is 36.1 Å². The summed E-state index contributed by atoms with van der Waals surface area (Å²) in [7, 11) is 0. The minimum atomic E-state index is -1.35. The molecule has 4 rings (SSSR count). The second kappa shape index (κ2) is 37.7. The van der Waals surface area contributed by atoms with Gasteiger partial charge < -0.3 is 77.5 Å². The molecule has 88 heavy (non-hydrogen) atoms. The fraction of sp³-hybridized carbons (Fsp3) is 0.552. The summed E-state index contributed by atoms with van der Waals surface area (Å²) in [5.74, 6) is -6.96. The lowest BCUT2D eigenvalue weighted by molar-refractivity contribution is -0.237. The number of carbonyl (C=O) groups is 12. The maximum absolute atomic E-state index is 13.6. The van der Waals surface area contributed by atoms with Gasteiger partial charge in [0.05, 0.1) is 13.2 Å². The van der Waals surface area contributed by atoms with Crippen LogP contribution in [0, 0.1) is 0 Å². The van der Waals surface area contributed by atoms with Gasteiger partial charge >= 0.3 is 53.7 Å². The van der Waals surface area contributed by atoms with Gasteiger partial charge in [0, 0.05) is 117 Å². The number of hydrogen-bond donors (Lipinski definition) is 3. The zero-order valence-corrected chi connectivity index (χ0v) is 51.7. The minimum Gasteiger partial charge on any atom is -0.493 e. The predicted molar refractivity (Wildman–Crippen MR) is 308 cm³/mol. The summed E-state index contributed by atoms with van der Waals surface area (Å²) in [6.07, 6.45) is -8.61. The Morgan fingerprint density at radius 3 is 1.26 bits per heavy atom.